The molecular formula is C19H20N2O3S2. The van der Waals surface area contributed by atoms with Crippen LogP contribution < -0.4 is 15.0 Å². The molecule has 0 bridgehead atoms. The molecule has 0 spiro atoms. The number of nitrogens with one attached hydrogen (secondary N) is 1. The summed E-state index contributed by atoms with van der Waals surface area (Å²) in [7, 11) is 1.61. The van der Waals surface area contributed by atoms with Crippen LogP contribution in [-0.2, 0) is 9.53 Å². The number of para-hydroxylation sites is 2. The fourth-order valence-electron chi connectivity index (χ4n) is 2.99. The molecule has 1 N–H and O–H groups in total. The van der Waals surface area contributed by atoms with Crippen LogP contribution in [0.25, 0.3) is 0 Å². The highest BCUT2D eigenvalue weighted by Gasteiger charge is 2.36. The number of anilines is 1. The Morgan fingerprint density at radius 1 is 1.31 bits per heavy atom. The molecule has 5 nitrogen and oxygen atoms in total. The van der Waals surface area contributed by atoms with Crippen LogP contribution in [0.1, 0.15) is 24.8 Å². The molecule has 7 heteroatoms. The largest absolute Gasteiger partial charge is 0.495 e. The lowest BCUT2D eigenvalue weighted by Crippen LogP contribution is -2.48. The van der Waals surface area contributed by atoms with E-state index in [0.29, 0.717) is 23.0 Å². The van der Waals surface area contributed by atoms with Crippen molar-refractivity contribution in [2.24, 2.45) is 0 Å². The Labute approximate surface area is 162 Å². The average molecular weight is 389 g/mol. The minimum atomic E-state index is -0.349. The Bertz CT molecular complexity index is 846. The monoisotopic (exact) mass is 388 g/mol. The van der Waals surface area contributed by atoms with Gasteiger partial charge in [0.2, 0.25) is 0 Å². The molecule has 0 radical (unpaired) electrons. The number of hydrogen-bond donors (Lipinski definition) is 1. The zero-order valence-electron chi connectivity index (χ0n) is 14.8. The van der Waals surface area contributed by atoms with Gasteiger partial charge in [-0.05, 0) is 49.6 Å². The van der Waals surface area contributed by atoms with Crippen molar-refractivity contribution in [3.63, 3.8) is 0 Å². The van der Waals surface area contributed by atoms with E-state index in [1.807, 2.05) is 53.6 Å². The SMILES string of the molecule is CCOC(=O)C1=C(C)N(c2ccccc2OC)C(=S)N[C@H]1c1cccs1. The number of methoxy groups -OCH3 is 1. The lowest BCUT2D eigenvalue weighted by atomic mass is 10.00. The molecule has 1 aromatic carbocycles. The first kappa shape index (κ1) is 18.4. The minimum absolute atomic E-state index is 0.311. The number of allylic oxidation sites excluding steroid dienone is 1. The van der Waals surface area contributed by atoms with Crippen molar-refractivity contribution < 1.29 is 14.3 Å². The number of nitrogens with zero attached hydrogens (tertiary/aromatic N) is 1. The zero-order chi connectivity index (χ0) is 18.7. The van der Waals surface area contributed by atoms with Gasteiger partial charge in [0.15, 0.2) is 5.11 Å². The van der Waals surface area contributed by atoms with Gasteiger partial charge in [-0.1, -0.05) is 18.2 Å². The van der Waals surface area contributed by atoms with Crippen LogP contribution in [0.5, 0.6) is 5.75 Å². The molecule has 0 unspecified atom stereocenters. The third-order valence-corrected chi connectivity index (χ3v) is 5.37. The van der Waals surface area contributed by atoms with E-state index in [9.17, 15) is 4.79 Å². The van der Waals surface area contributed by atoms with Gasteiger partial charge in [-0.3, -0.25) is 4.90 Å². The Morgan fingerprint density at radius 3 is 2.73 bits per heavy atom. The summed E-state index contributed by atoms with van der Waals surface area (Å²) in [5.74, 6) is 0.326. The summed E-state index contributed by atoms with van der Waals surface area (Å²) in [5, 5.41) is 5.78. The van der Waals surface area contributed by atoms with Gasteiger partial charge in [0.25, 0.3) is 0 Å². The van der Waals surface area contributed by atoms with Gasteiger partial charge in [-0.25, -0.2) is 4.79 Å². The highest BCUT2D eigenvalue weighted by atomic mass is 32.1. The van der Waals surface area contributed by atoms with Gasteiger partial charge in [0.1, 0.15) is 5.75 Å². The van der Waals surface area contributed by atoms with E-state index in [2.05, 4.69) is 5.32 Å². The third-order valence-electron chi connectivity index (χ3n) is 4.13. The Balaban J connectivity index is 2.15. The fraction of sp³-hybridized carbons (Fsp3) is 0.263. The first-order chi connectivity index (χ1) is 12.6. The number of benzene rings is 1. The number of esters is 1. The van der Waals surface area contributed by atoms with E-state index >= 15 is 0 Å². The number of rotatable bonds is 5. The highest BCUT2D eigenvalue weighted by Crippen LogP contribution is 2.38. The van der Waals surface area contributed by atoms with Crippen molar-refractivity contribution in [3.05, 3.63) is 57.9 Å². The molecule has 0 saturated heterocycles. The topological polar surface area (TPSA) is 50.8 Å². The van der Waals surface area contributed by atoms with Gasteiger partial charge in [-0.2, -0.15) is 0 Å². The molecule has 26 heavy (non-hydrogen) atoms. The molecule has 0 fully saturated rings. The van der Waals surface area contributed by atoms with Crippen molar-refractivity contribution in [1.82, 2.24) is 5.32 Å². The maximum atomic E-state index is 12.7. The summed E-state index contributed by atoms with van der Waals surface area (Å²) < 4.78 is 10.8. The molecule has 1 aromatic heterocycles. The van der Waals surface area contributed by atoms with Crippen LogP contribution in [0.3, 0.4) is 0 Å². The first-order valence-electron chi connectivity index (χ1n) is 8.23. The molecule has 0 amide bonds. The summed E-state index contributed by atoms with van der Waals surface area (Å²) in [6, 6.07) is 11.2. The van der Waals surface area contributed by atoms with Crippen LogP contribution in [0.4, 0.5) is 5.69 Å². The lowest BCUT2D eigenvalue weighted by molar-refractivity contribution is -0.139. The standard InChI is InChI=1S/C19H20N2O3S2/c1-4-24-18(22)16-12(2)21(13-8-5-6-9-14(13)23-3)19(25)20-17(16)15-10-7-11-26-15/h5-11,17H,4H2,1-3H3,(H,20,25)/t17-/m0/s1. The molecule has 1 aliphatic rings. The number of carbonyl (C=O) groups excluding carboxylic acids is 1. The van der Waals surface area contributed by atoms with Crippen LogP contribution in [-0.4, -0.2) is 24.8 Å². The van der Waals surface area contributed by atoms with Crippen molar-refractivity contribution in [3.8, 4) is 5.75 Å². The Morgan fingerprint density at radius 2 is 2.08 bits per heavy atom. The van der Waals surface area contributed by atoms with E-state index in [0.717, 1.165) is 16.3 Å². The smallest absolute Gasteiger partial charge is 0.338 e. The lowest BCUT2D eigenvalue weighted by Gasteiger charge is -2.37. The van der Waals surface area contributed by atoms with Crippen molar-refractivity contribution in [2.75, 3.05) is 18.6 Å². The molecule has 1 aliphatic heterocycles. The maximum absolute atomic E-state index is 12.7. The average Bonchev–Trinajstić information content (AvgIpc) is 3.16. The second-order valence-electron chi connectivity index (χ2n) is 5.62. The van der Waals surface area contributed by atoms with E-state index in [1.165, 1.54) is 0 Å². The quantitative estimate of drug-likeness (QED) is 0.617. The predicted octanol–water partition coefficient (Wildman–Crippen LogP) is 4.03. The Kier molecular flexibility index (Phi) is 5.58. The van der Waals surface area contributed by atoms with E-state index in [4.69, 9.17) is 21.7 Å². The van der Waals surface area contributed by atoms with E-state index in [1.54, 1.807) is 25.4 Å². The summed E-state index contributed by atoms with van der Waals surface area (Å²) in [6.45, 7) is 3.99. The van der Waals surface area contributed by atoms with E-state index in [-0.39, 0.29) is 12.0 Å². The molecule has 1 atom stereocenters. The molecule has 0 saturated carbocycles. The third kappa shape index (κ3) is 3.32. The number of thiocarbonyl (C=S) groups is 1. The molecule has 2 heterocycles. The zero-order valence-corrected chi connectivity index (χ0v) is 16.4. The van der Waals surface area contributed by atoms with Crippen LogP contribution in [0.2, 0.25) is 0 Å². The van der Waals surface area contributed by atoms with Crippen LogP contribution in [0.15, 0.2) is 53.0 Å². The van der Waals surface area contributed by atoms with Crippen LogP contribution in [0, 0.1) is 0 Å². The maximum Gasteiger partial charge on any atom is 0.338 e. The van der Waals surface area contributed by atoms with Crippen molar-refractivity contribution in [1.29, 1.82) is 0 Å². The number of carbonyl (C=O) groups is 1. The van der Waals surface area contributed by atoms with Crippen molar-refractivity contribution >= 4 is 40.3 Å². The fourth-order valence-corrected chi connectivity index (χ4v) is 4.13. The van der Waals surface area contributed by atoms with E-state index < -0.39 is 0 Å². The molecule has 3 rings (SSSR count). The first-order valence-corrected chi connectivity index (χ1v) is 9.52. The normalized spacial score (nSPS) is 17.1. The Hall–Kier alpha value is -2.38. The summed E-state index contributed by atoms with van der Waals surface area (Å²) >= 11 is 7.20. The molecule has 136 valence electrons. The van der Waals surface area contributed by atoms with Crippen LogP contribution >= 0.6 is 23.6 Å². The van der Waals surface area contributed by atoms with Gasteiger partial charge >= 0.3 is 5.97 Å². The van der Waals surface area contributed by atoms with Gasteiger partial charge in [-0.15, -0.1) is 11.3 Å². The van der Waals surface area contributed by atoms with Gasteiger partial charge < -0.3 is 14.8 Å². The number of thiophene rings is 1. The summed E-state index contributed by atoms with van der Waals surface area (Å²) in [5.41, 5.74) is 2.06. The summed E-state index contributed by atoms with van der Waals surface area (Å²) in [6.07, 6.45) is 0. The molecule has 0 aliphatic carbocycles. The second kappa shape index (κ2) is 7.88. The van der Waals surface area contributed by atoms with Crippen molar-refractivity contribution in [2.45, 2.75) is 19.9 Å². The second-order valence-corrected chi connectivity index (χ2v) is 6.99. The summed E-state index contributed by atoms with van der Waals surface area (Å²) in [4.78, 5) is 15.6. The predicted molar refractivity (Wildman–Crippen MR) is 108 cm³/mol. The number of hydrogen-bond acceptors (Lipinski definition) is 5. The minimum Gasteiger partial charge on any atom is -0.495 e. The van der Waals surface area contributed by atoms with Gasteiger partial charge in [0, 0.05) is 10.6 Å². The van der Waals surface area contributed by atoms with Gasteiger partial charge in [0.05, 0.1) is 31.0 Å². The molecular weight excluding hydrogens is 368 g/mol. The number of ether oxygens (including phenoxy) is 2. The molecule has 2 aromatic rings. The highest BCUT2D eigenvalue weighted by molar-refractivity contribution is 7.80.